The summed E-state index contributed by atoms with van der Waals surface area (Å²) in [5.74, 6) is 0.400. The summed E-state index contributed by atoms with van der Waals surface area (Å²) < 4.78 is 0. The van der Waals surface area contributed by atoms with Gasteiger partial charge in [0.15, 0.2) is 0 Å². The van der Waals surface area contributed by atoms with Crippen molar-refractivity contribution in [2.24, 2.45) is 5.92 Å². The van der Waals surface area contributed by atoms with Gasteiger partial charge in [0, 0.05) is 13.2 Å². The standard InChI is InChI=1S/C13H18N2O/c1-10-3-4-12(8-14)13(7-10)15-9-11(2)5-6-16/h3-4,7,11,15-16H,5-6,9H2,1-2H3. The quantitative estimate of drug-likeness (QED) is 0.797. The summed E-state index contributed by atoms with van der Waals surface area (Å²) in [7, 11) is 0. The van der Waals surface area contributed by atoms with Crippen LogP contribution in [0, 0.1) is 24.2 Å². The van der Waals surface area contributed by atoms with Gasteiger partial charge in [-0.15, -0.1) is 0 Å². The Morgan fingerprint density at radius 2 is 2.25 bits per heavy atom. The lowest BCUT2D eigenvalue weighted by atomic mass is 10.1. The fourth-order valence-electron chi connectivity index (χ4n) is 1.51. The molecule has 0 saturated carbocycles. The van der Waals surface area contributed by atoms with E-state index in [4.69, 9.17) is 10.4 Å². The van der Waals surface area contributed by atoms with Gasteiger partial charge in [0.2, 0.25) is 0 Å². The van der Waals surface area contributed by atoms with Gasteiger partial charge in [-0.25, -0.2) is 0 Å². The number of rotatable bonds is 5. The van der Waals surface area contributed by atoms with Crippen molar-refractivity contribution < 1.29 is 5.11 Å². The van der Waals surface area contributed by atoms with E-state index in [0.717, 1.165) is 24.2 Å². The normalized spacial score (nSPS) is 11.9. The Kier molecular flexibility index (Phi) is 4.81. The third-order valence-electron chi connectivity index (χ3n) is 2.56. The third kappa shape index (κ3) is 3.56. The van der Waals surface area contributed by atoms with E-state index in [-0.39, 0.29) is 6.61 Å². The number of nitrogens with zero attached hydrogens (tertiary/aromatic N) is 1. The molecule has 0 amide bonds. The molecule has 1 unspecified atom stereocenters. The van der Waals surface area contributed by atoms with Gasteiger partial charge in [0.05, 0.1) is 11.3 Å². The first kappa shape index (κ1) is 12.5. The van der Waals surface area contributed by atoms with Crippen LogP contribution >= 0.6 is 0 Å². The highest BCUT2D eigenvalue weighted by Gasteiger charge is 2.04. The SMILES string of the molecule is Cc1ccc(C#N)c(NCC(C)CCO)c1. The molecule has 0 saturated heterocycles. The van der Waals surface area contributed by atoms with Crippen LogP contribution in [0.5, 0.6) is 0 Å². The highest BCUT2D eigenvalue weighted by Crippen LogP contribution is 2.17. The Labute approximate surface area is 96.7 Å². The molecule has 0 spiro atoms. The summed E-state index contributed by atoms with van der Waals surface area (Å²) >= 11 is 0. The number of anilines is 1. The first-order valence-corrected chi connectivity index (χ1v) is 5.53. The maximum Gasteiger partial charge on any atom is 0.101 e. The minimum atomic E-state index is 0.210. The predicted octanol–water partition coefficient (Wildman–Crippen LogP) is 2.30. The molecule has 1 atom stereocenters. The van der Waals surface area contributed by atoms with E-state index in [0.29, 0.717) is 11.5 Å². The number of aryl methyl sites for hydroxylation is 1. The van der Waals surface area contributed by atoms with Gasteiger partial charge in [-0.1, -0.05) is 13.0 Å². The molecular weight excluding hydrogens is 200 g/mol. The zero-order chi connectivity index (χ0) is 12.0. The van der Waals surface area contributed by atoms with Gasteiger partial charge < -0.3 is 10.4 Å². The molecule has 2 N–H and O–H groups in total. The second-order valence-corrected chi connectivity index (χ2v) is 4.16. The van der Waals surface area contributed by atoms with Crippen molar-refractivity contribution in [1.82, 2.24) is 0 Å². The summed E-state index contributed by atoms with van der Waals surface area (Å²) in [6.07, 6.45) is 0.778. The van der Waals surface area contributed by atoms with Gasteiger partial charge in [0.1, 0.15) is 6.07 Å². The highest BCUT2D eigenvalue weighted by molar-refractivity contribution is 5.58. The molecule has 3 heteroatoms. The van der Waals surface area contributed by atoms with Crippen LogP contribution in [-0.4, -0.2) is 18.3 Å². The number of aliphatic hydroxyl groups excluding tert-OH is 1. The second-order valence-electron chi connectivity index (χ2n) is 4.16. The van der Waals surface area contributed by atoms with Crippen molar-refractivity contribution in [3.63, 3.8) is 0 Å². The minimum Gasteiger partial charge on any atom is -0.396 e. The molecular formula is C13H18N2O. The average Bonchev–Trinajstić information content (AvgIpc) is 2.27. The lowest BCUT2D eigenvalue weighted by molar-refractivity contribution is 0.266. The van der Waals surface area contributed by atoms with Crippen LogP contribution in [0.15, 0.2) is 18.2 Å². The lowest BCUT2D eigenvalue weighted by Gasteiger charge is -2.13. The molecule has 0 bridgehead atoms. The fourth-order valence-corrected chi connectivity index (χ4v) is 1.51. The molecule has 0 radical (unpaired) electrons. The van der Waals surface area contributed by atoms with E-state index in [1.165, 1.54) is 0 Å². The Hall–Kier alpha value is -1.53. The monoisotopic (exact) mass is 218 g/mol. The summed E-state index contributed by atoms with van der Waals surface area (Å²) in [5, 5.41) is 21.0. The molecule has 1 aromatic carbocycles. The molecule has 1 aromatic rings. The Balaban J connectivity index is 2.66. The number of hydrogen-bond acceptors (Lipinski definition) is 3. The molecule has 0 aliphatic rings. The van der Waals surface area contributed by atoms with Crippen molar-refractivity contribution >= 4 is 5.69 Å². The van der Waals surface area contributed by atoms with E-state index in [1.54, 1.807) is 0 Å². The molecule has 86 valence electrons. The Morgan fingerprint density at radius 3 is 2.88 bits per heavy atom. The Bertz CT molecular complexity index is 382. The maximum absolute atomic E-state index is 8.95. The smallest absolute Gasteiger partial charge is 0.101 e. The average molecular weight is 218 g/mol. The van der Waals surface area contributed by atoms with E-state index in [1.807, 2.05) is 25.1 Å². The first-order chi connectivity index (χ1) is 7.67. The molecule has 16 heavy (non-hydrogen) atoms. The molecule has 0 fully saturated rings. The summed E-state index contributed by atoms with van der Waals surface area (Å²) in [5.41, 5.74) is 2.69. The van der Waals surface area contributed by atoms with Crippen molar-refractivity contribution in [2.45, 2.75) is 20.3 Å². The van der Waals surface area contributed by atoms with E-state index < -0.39 is 0 Å². The number of nitriles is 1. The third-order valence-corrected chi connectivity index (χ3v) is 2.56. The lowest BCUT2D eigenvalue weighted by Crippen LogP contribution is -2.13. The summed E-state index contributed by atoms with van der Waals surface area (Å²) in [4.78, 5) is 0. The largest absolute Gasteiger partial charge is 0.396 e. The zero-order valence-corrected chi connectivity index (χ0v) is 9.83. The van der Waals surface area contributed by atoms with Crippen LogP contribution in [0.4, 0.5) is 5.69 Å². The molecule has 0 aliphatic heterocycles. The molecule has 0 heterocycles. The van der Waals surface area contributed by atoms with Crippen LogP contribution in [0.25, 0.3) is 0 Å². The van der Waals surface area contributed by atoms with Gasteiger partial charge in [-0.3, -0.25) is 0 Å². The topological polar surface area (TPSA) is 56.0 Å². The zero-order valence-electron chi connectivity index (χ0n) is 9.83. The fraction of sp³-hybridized carbons (Fsp3) is 0.462. The van der Waals surface area contributed by atoms with E-state index >= 15 is 0 Å². The Morgan fingerprint density at radius 1 is 1.50 bits per heavy atom. The number of nitrogens with one attached hydrogen (secondary N) is 1. The van der Waals surface area contributed by atoms with Crippen LogP contribution in [-0.2, 0) is 0 Å². The van der Waals surface area contributed by atoms with Crippen LogP contribution < -0.4 is 5.32 Å². The van der Waals surface area contributed by atoms with Gasteiger partial charge in [-0.2, -0.15) is 5.26 Å². The summed E-state index contributed by atoms with van der Waals surface area (Å²) in [6, 6.07) is 7.90. The molecule has 0 aliphatic carbocycles. The van der Waals surface area contributed by atoms with E-state index in [9.17, 15) is 0 Å². The summed E-state index contributed by atoms with van der Waals surface area (Å²) in [6.45, 7) is 5.06. The predicted molar refractivity (Wildman–Crippen MR) is 65.3 cm³/mol. The van der Waals surface area contributed by atoms with Gasteiger partial charge in [0.25, 0.3) is 0 Å². The second kappa shape index (κ2) is 6.14. The van der Waals surface area contributed by atoms with Crippen LogP contribution in [0.2, 0.25) is 0 Å². The molecule has 3 nitrogen and oxygen atoms in total. The molecule has 1 rings (SSSR count). The van der Waals surface area contributed by atoms with Crippen LogP contribution in [0.3, 0.4) is 0 Å². The van der Waals surface area contributed by atoms with E-state index in [2.05, 4.69) is 18.3 Å². The number of benzene rings is 1. The van der Waals surface area contributed by atoms with Crippen LogP contribution in [0.1, 0.15) is 24.5 Å². The van der Waals surface area contributed by atoms with Gasteiger partial charge in [-0.05, 0) is 37.0 Å². The van der Waals surface area contributed by atoms with Crippen molar-refractivity contribution in [2.75, 3.05) is 18.5 Å². The number of aliphatic hydroxyl groups is 1. The first-order valence-electron chi connectivity index (χ1n) is 5.53. The number of hydrogen-bond donors (Lipinski definition) is 2. The highest BCUT2D eigenvalue weighted by atomic mass is 16.3. The van der Waals surface area contributed by atoms with Crippen molar-refractivity contribution in [3.05, 3.63) is 29.3 Å². The maximum atomic E-state index is 8.95. The molecule has 0 aromatic heterocycles. The van der Waals surface area contributed by atoms with Crippen molar-refractivity contribution in [1.29, 1.82) is 5.26 Å². The minimum absolute atomic E-state index is 0.210. The van der Waals surface area contributed by atoms with Crippen molar-refractivity contribution in [3.8, 4) is 6.07 Å². The van der Waals surface area contributed by atoms with Gasteiger partial charge >= 0.3 is 0 Å².